The second-order valence-electron chi connectivity index (χ2n) is 4.12. The number of halogens is 2. The van der Waals surface area contributed by atoms with Gasteiger partial charge in [-0.15, -0.1) is 0 Å². The number of piperidine rings is 1. The third-order valence-electron chi connectivity index (χ3n) is 3.07. The van der Waals surface area contributed by atoms with E-state index in [-0.39, 0.29) is 17.7 Å². The van der Waals surface area contributed by atoms with Crippen LogP contribution in [-0.2, 0) is 0 Å². The van der Waals surface area contributed by atoms with Gasteiger partial charge in [-0.2, -0.15) is 0 Å². The third kappa shape index (κ3) is 2.30. The second kappa shape index (κ2) is 5.02. The first-order valence-electron chi connectivity index (χ1n) is 5.55. The second-order valence-corrected chi connectivity index (χ2v) is 4.53. The Morgan fingerprint density at radius 2 is 2.25 bits per heavy atom. The monoisotopic (exact) mass is 243 g/mol. The molecule has 1 aliphatic rings. The predicted octanol–water partition coefficient (Wildman–Crippen LogP) is 2.83. The molecule has 1 saturated heterocycles. The van der Waals surface area contributed by atoms with Crippen molar-refractivity contribution in [3.8, 4) is 0 Å². The topological polar surface area (TPSA) is 23.5 Å². The molecule has 1 aromatic rings. The van der Waals surface area contributed by atoms with Crippen molar-refractivity contribution < 1.29 is 9.50 Å². The molecule has 88 valence electrons. The van der Waals surface area contributed by atoms with Gasteiger partial charge in [0.1, 0.15) is 5.82 Å². The molecule has 16 heavy (non-hydrogen) atoms. The maximum atomic E-state index is 13.0. The zero-order valence-electron chi connectivity index (χ0n) is 9.00. The summed E-state index contributed by atoms with van der Waals surface area (Å²) in [7, 11) is 0. The number of rotatable bonds is 2. The Labute approximate surface area is 99.6 Å². The standard InChI is InChI=1S/C12H15ClFNO/c13-11-7-9(4-5-12(11)14)15-6-2-1-3-10(15)8-16/h4-5,7,10,16H,1-3,6,8H2. The van der Waals surface area contributed by atoms with Gasteiger partial charge >= 0.3 is 0 Å². The lowest BCUT2D eigenvalue weighted by molar-refractivity contribution is 0.240. The Kier molecular flexibility index (Phi) is 3.66. The number of anilines is 1. The highest BCUT2D eigenvalue weighted by Crippen LogP contribution is 2.28. The van der Waals surface area contributed by atoms with Crippen molar-refractivity contribution in [1.29, 1.82) is 0 Å². The molecule has 1 unspecified atom stereocenters. The van der Waals surface area contributed by atoms with Crippen molar-refractivity contribution in [3.05, 3.63) is 29.0 Å². The molecule has 1 heterocycles. The predicted molar refractivity (Wildman–Crippen MR) is 63.5 cm³/mol. The summed E-state index contributed by atoms with van der Waals surface area (Å²) in [6, 6.07) is 4.86. The van der Waals surface area contributed by atoms with Crippen LogP contribution in [0.15, 0.2) is 18.2 Å². The normalized spacial score (nSPS) is 21.2. The summed E-state index contributed by atoms with van der Waals surface area (Å²) in [5.74, 6) is -0.400. The van der Waals surface area contributed by atoms with Crippen LogP contribution in [0.25, 0.3) is 0 Å². The van der Waals surface area contributed by atoms with Gasteiger partial charge < -0.3 is 10.0 Å². The number of aliphatic hydroxyl groups is 1. The summed E-state index contributed by atoms with van der Waals surface area (Å²) in [6.45, 7) is 1.03. The van der Waals surface area contributed by atoms with Crippen LogP contribution in [0.2, 0.25) is 5.02 Å². The van der Waals surface area contributed by atoms with Crippen LogP contribution in [0.5, 0.6) is 0 Å². The molecule has 2 rings (SSSR count). The highest BCUT2D eigenvalue weighted by Gasteiger charge is 2.22. The first-order chi connectivity index (χ1) is 7.72. The lowest BCUT2D eigenvalue weighted by atomic mass is 10.0. The van der Waals surface area contributed by atoms with E-state index in [9.17, 15) is 9.50 Å². The molecule has 4 heteroatoms. The van der Waals surface area contributed by atoms with E-state index < -0.39 is 5.82 Å². The van der Waals surface area contributed by atoms with Crippen LogP contribution in [0.3, 0.4) is 0 Å². The number of hydrogen-bond acceptors (Lipinski definition) is 2. The molecule has 0 aromatic heterocycles. The molecule has 1 fully saturated rings. The highest BCUT2D eigenvalue weighted by atomic mass is 35.5. The van der Waals surface area contributed by atoms with Gasteiger partial charge in [0.05, 0.1) is 17.7 Å². The molecule has 1 N–H and O–H groups in total. The number of benzene rings is 1. The van der Waals surface area contributed by atoms with Crippen molar-refractivity contribution in [2.75, 3.05) is 18.1 Å². The summed E-state index contributed by atoms with van der Waals surface area (Å²) in [5.41, 5.74) is 0.894. The molecule has 0 radical (unpaired) electrons. The van der Waals surface area contributed by atoms with E-state index in [1.54, 1.807) is 12.1 Å². The maximum Gasteiger partial charge on any atom is 0.141 e. The number of aliphatic hydroxyl groups excluding tert-OH is 1. The molecule has 0 bridgehead atoms. The maximum absolute atomic E-state index is 13.0. The molecule has 1 aromatic carbocycles. The number of hydrogen-bond donors (Lipinski definition) is 1. The van der Waals surface area contributed by atoms with Gasteiger partial charge in [-0.1, -0.05) is 11.6 Å². The van der Waals surface area contributed by atoms with E-state index >= 15 is 0 Å². The Hall–Kier alpha value is -0.800. The van der Waals surface area contributed by atoms with Crippen LogP contribution in [0.1, 0.15) is 19.3 Å². The fraction of sp³-hybridized carbons (Fsp3) is 0.500. The van der Waals surface area contributed by atoms with Gasteiger partial charge in [-0.25, -0.2) is 4.39 Å². The van der Waals surface area contributed by atoms with Crippen LogP contribution < -0.4 is 4.90 Å². The van der Waals surface area contributed by atoms with Crippen molar-refractivity contribution in [2.24, 2.45) is 0 Å². The van der Waals surface area contributed by atoms with Gasteiger partial charge in [0, 0.05) is 12.2 Å². The van der Waals surface area contributed by atoms with E-state index in [4.69, 9.17) is 11.6 Å². The van der Waals surface area contributed by atoms with E-state index in [2.05, 4.69) is 4.90 Å². The molecule has 0 spiro atoms. The van der Waals surface area contributed by atoms with Crippen molar-refractivity contribution in [1.82, 2.24) is 0 Å². The van der Waals surface area contributed by atoms with E-state index in [0.717, 1.165) is 31.5 Å². The molecular weight excluding hydrogens is 229 g/mol. The third-order valence-corrected chi connectivity index (χ3v) is 3.36. The van der Waals surface area contributed by atoms with Crippen LogP contribution >= 0.6 is 11.6 Å². The van der Waals surface area contributed by atoms with Gasteiger partial charge in [0.2, 0.25) is 0 Å². The van der Waals surface area contributed by atoms with Crippen LogP contribution in [-0.4, -0.2) is 24.3 Å². The Morgan fingerprint density at radius 1 is 1.44 bits per heavy atom. The van der Waals surface area contributed by atoms with Crippen molar-refractivity contribution in [3.63, 3.8) is 0 Å². The average Bonchev–Trinajstić information content (AvgIpc) is 2.32. The average molecular weight is 244 g/mol. The summed E-state index contributed by atoms with van der Waals surface area (Å²) < 4.78 is 13.0. The summed E-state index contributed by atoms with van der Waals surface area (Å²) in [4.78, 5) is 2.11. The molecule has 1 aliphatic heterocycles. The Bertz CT molecular complexity index is 372. The van der Waals surface area contributed by atoms with Gasteiger partial charge in [0.15, 0.2) is 0 Å². The summed E-state index contributed by atoms with van der Waals surface area (Å²) in [6.07, 6.45) is 3.22. The zero-order chi connectivity index (χ0) is 11.5. The molecule has 0 saturated carbocycles. The van der Waals surface area contributed by atoms with E-state index in [1.807, 2.05) is 0 Å². The largest absolute Gasteiger partial charge is 0.394 e. The summed E-state index contributed by atoms with van der Waals surface area (Å²) >= 11 is 5.76. The minimum atomic E-state index is -0.400. The number of nitrogens with zero attached hydrogens (tertiary/aromatic N) is 1. The SMILES string of the molecule is OCC1CCCCN1c1ccc(F)c(Cl)c1. The molecule has 0 aliphatic carbocycles. The highest BCUT2D eigenvalue weighted by molar-refractivity contribution is 6.31. The lowest BCUT2D eigenvalue weighted by Gasteiger charge is -2.36. The first-order valence-corrected chi connectivity index (χ1v) is 5.92. The minimum absolute atomic E-state index is 0.134. The lowest BCUT2D eigenvalue weighted by Crippen LogP contribution is -2.41. The van der Waals surface area contributed by atoms with E-state index in [1.165, 1.54) is 6.07 Å². The molecule has 2 nitrogen and oxygen atoms in total. The fourth-order valence-corrected chi connectivity index (χ4v) is 2.37. The Morgan fingerprint density at radius 3 is 2.94 bits per heavy atom. The molecule has 1 atom stereocenters. The minimum Gasteiger partial charge on any atom is -0.394 e. The van der Waals surface area contributed by atoms with Crippen molar-refractivity contribution >= 4 is 17.3 Å². The van der Waals surface area contributed by atoms with Crippen LogP contribution in [0.4, 0.5) is 10.1 Å². The quantitative estimate of drug-likeness (QED) is 0.864. The summed E-state index contributed by atoms with van der Waals surface area (Å²) in [5, 5.41) is 9.44. The fourth-order valence-electron chi connectivity index (χ4n) is 2.19. The first kappa shape index (κ1) is 11.7. The van der Waals surface area contributed by atoms with Crippen molar-refractivity contribution in [2.45, 2.75) is 25.3 Å². The van der Waals surface area contributed by atoms with Crippen LogP contribution in [0, 0.1) is 5.82 Å². The smallest absolute Gasteiger partial charge is 0.141 e. The van der Waals surface area contributed by atoms with Gasteiger partial charge in [0.25, 0.3) is 0 Å². The zero-order valence-corrected chi connectivity index (χ0v) is 9.75. The molecular formula is C12H15ClFNO. The van der Waals surface area contributed by atoms with Gasteiger partial charge in [-0.3, -0.25) is 0 Å². The molecule has 0 amide bonds. The van der Waals surface area contributed by atoms with Gasteiger partial charge in [-0.05, 0) is 37.5 Å². The Balaban J connectivity index is 2.23. The van der Waals surface area contributed by atoms with E-state index in [0.29, 0.717) is 0 Å².